The first-order valence-electron chi connectivity index (χ1n) is 6.94. The lowest BCUT2D eigenvalue weighted by Crippen LogP contribution is -2.41. The Balaban J connectivity index is 1.68. The Morgan fingerprint density at radius 2 is 2.05 bits per heavy atom. The minimum absolute atomic E-state index is 0.194. The maximum atomic E-state index is 12.1. The normalized spacial score (nSPS) is 24.0. The molecule has 0 radical (unpaired) electrons. The van der Waals surface area contributed by atoms with E-state index in [0.29, 0.717) is 12.8 Å². The fourth-order valence-electron chi connectivity index (χ4n) is 2.78. The molecule has 2 unspecified atom stereocenters. The zero-order valence-electron chi connectivity index (χ0n) is 11.1. The Morgan fingerprint density at radius 1 is 1.25 bits per heavy atom. The summed E-state index contributed by atoms with van der Waals surface area (Å²) in [7, 11) is 0. The zero-order chi connectivity index (χ0) is 14.1. The minimum Gasteiger partial charge on any atom is -0.493 e. The molecule has 0 spiro atoms. The number of carboxylic acids is 1. The highest BCUT2D eigenvalue weighted by molar-refractivity contribution is 5.96. The smallest absolute Gasteiger partial charge is 0.307 e. The summed E-state index contributed by atoms with van der Waals surface area (Å²) < 4.78 is 5.52. The van der Waals surface area contributed by atoms with E-state index in [1.807, 2.05) is 12.1 Å². The summed E-state index contributed by atoms with van der Waals surface area (Å²) in [5.41, 5.74) is 1.81. The lowest BCUT2D eigenvalue weighted by Gasteiger charge is -2.32. The predicted molar refractivity (Wildman–Crippen MR) is 72.7 cm³/mol. The summed E-state index contributed by atoms with van der Waals surface area (Å²) in [6.07, 6.45) is 3.16. The van der Waals surface area contributed by atoms with Crippen molar-refractivity contribution in [3.63, 3.8) is 0 Å². The highest BCUT2D eigenvalue weighted by Crippen LogP contribution is 2.35. The lowest BCUT2D eigenvalue weighted by molar-refractivity contribution is -0.151. The van der Waals surface area contributed by atoms with E-state index in [-0.39, 0.29) is 5.91 Å². The van der Waals surface area contributed by atoms with Crippen molar-refractivity contribution in [1.82, 2.24) is 0 Å². The molecule has 0 saturated heterocycles. The van der Waals surface area contributed by atoms with Gasteiger partial charge in [0.25, 0.3) is 0 Å². The molecule has 20 heavy (non-hydrogen) atoms. The van der Waals surface area contributed by atoms with E-state index in [9.17, 15) is 9.59 Å². The van der Waals surface area contributed by atoms with Crippen LogP contribution < -0.4 is 10.1 Å². The molecule has 0 aromatic heterocycles. The highest BCUT2D eigenvalue weighted by Gasteiger charge is 2.41. The second-order valence-electron chi connectivity index (χ2n) is 5.39. The Hall–Kier alpha value is -2.04. The van der Waals surface area contributed by atoms with E-state index in [1.54, 1.807) is 6.07 Å². The van der Waals surface area contributed by atoms with Crippen molar-refractivity contribution in [1.29, 1.82) is 0 Å². The van der Waals surface area contributed by atoms with Gasteiger partial charge in [-0.3, -0.25) is 9.59 Å². The van der Waals surface area contributed by atoms with Crippen LogP contribution in [0.25, 0.3) is 0 Å². The number of hydrogen-bond donors (Lipinski definition) is 2. The summed E-state index contributed by atoms with van der Waals surface area (Å²) in [5, 5.41) is 11.8. The fourth-order valence-corrected chi connectivity index (χ4v) is 2.78. The molecular formula is C15H17NO4. The van der Waals surface area contributed by atoms with Gasteiger partial charge in [-0.2, -0.15) is 0 Å². The molecule has 0 bridgehead atoms. The first-order valence-corrected chi connectivity index (χ1v) is 6.94. The zero-order valence-corrected chi connectivity index (χ0v) is 11.1. The van der Waals surface area contributed by atoms with E-state index in [4.69, 9.17) is 9.84 Å². The van der Waals surface area contributed by atoms with Gasteiger partial charge in [0, 0.05) is 5.69 Å². The summed E-state index contributed by atoms with van der Waals surface area (Å²) in [5.74, 6) is -1.13. The average molecular weight is 275 g/mol. The van der Waals surface area contributed by atoms with Gasteiger partial charge >= 0.3 is 5.97 Å². The molecule has 5 heteroatoms. The Morgan fingerprint density at radius 3 is 2.75 bits per heavy atom. The highest BCUT2D eigenvalue weighted by atomic mass is 16.5. The van der Waals surface area contributed by atoms with E-state index >= 15 is 0 Å². The van der Waals surface area contributed by atoms with E-state index in [1.165, 1.54) is 0 Å². The number of carboxylic acid groups (broad SMARTS) is 1. The molecule has 2 atom stereocenters. The Bertz CT molecular complexity index is 555. The van der Waals surface area contributed by atoms with Crippen molar-refractivity contribution in [2.24, 2.45) is 11.8 Å². The molecule has 1 heterocycles. The Labute approximate surface area is 116 Å². The van der Waals surface area contributed by atoms with Gasteiger partial charge in [-0.05, 0) is 49.4 Å². The van der Waals surface area contributed by atoms with Gasteiger partial charge in [-0.25, -0.2) is 0 Å². The fraction of sp³-hybridized carbons (Fsp3) is 0.467. The van der Waals surface area contributed by atoms with Crippen molar-refractivity contribution in [3.05, 3.63) is 23.8 Å². The Kier molecular flexibility index (Phi) is 3.34. The number of nitrogens with one attached hydrogen (secondary N) is 1. The van der Waals surface area contributed by atoms with Crippen molar-refractivity contribution in [2.75, 3.05) is 11.9 Å². The summed E-state index contributed by atoms with van der Waals surface area (Å²) in [4.78, 5) is 23.0. The van der Waals surface area contributed by atoms with Crippen LogP contribution >= 0.6 is 0 Å². The van der Waals surface area contributed by atoms with Crippen LogP contribution in [0.4, 0.5) is 5.69 Å². The maximum absolute atomic E-state index is 12.1. The molecule has 5 nitrogen and oxygen atoms in total. The maximum Gasteiger partial charge on any atom is 0.307 e. The quantitative estimate of drug-likeness (QED) is 0.885. The number of rotatable bonds is 3. The average Bonchev–Trinajstić information content (AvgIpc) is 2.36. The second kappa shape index (κ2) is 5.15. The number of benzene rings is 1. The third-order valence-electron chi connectivity index (χ3n) is 4.10. The van der Waals surface area contributed by atoms with Crippen molar-refractivity contribution < 1.29 is 19.4 Å². The molecule has 1 saturated carbocycles. The summed E-state index contributed by atoms with van der Waals surface area (Å²) in [6, 6.07) is 5.58. The van der Waals surface area contributed by atoms with E-state index < -0.39 is 17.8 Å². The van der Waals surface area contributed by atoms with Crippen LogP contribution in [0.3, 0.4) is 0 Å². The van der Waals surface area contributed by atoms with Gasteiger partial charge in [0.2, 0.25) is 5.91 Å². The number of anilines is 1. The topological polar surface area (TPSA) is 75.6 Å². The molecule has 1 aliphatic carbocycles. The van der Waals surface area contributed by atoms with Crippen LogP contribution in [-0.4, -0.2) is 23.6 Å². The van der Waals surface area contributed by atoms with Gasteiger partial charge in [0.15, 0.2) is 0 Å². The van der Waals surface area contributed by atoms with Crippen LogP contribution in [0.1, 0.15) is 24.8 Å². The van der Waals surface area contributed by atoms with Crippen LogP contribution in [0.15, 0.2) is 18.2 Å². The van der Waals surface area contributed by atoms with Crippen molar-refractivity contribution >= 4 is 17.6 Å². The van der Waals surface area contributed by atoms with Crippen molar-refractivity contribution in [3.8, 4) is 5.75 Å². The molecule has 1 aromatic carbocycles. The monoisotopic (exact) mass is 275 g/mol. The van der Waals surface area contributed by atoms with Crippen LogP contribution in [0, 0.1) is 11.8 Å². The number of fused-ring (bicyclic) bond motifs is 1. The van der Waals surface area contributed by atoms with Crippen LogP contribution in [0.5, 0.6) is 5.75 Å². The molecule has 2 aliphatic rings. The number of hydrogen-bond acceptors (Lipinski definition) is 3. The molecule has 106 valence electrons. The number of carbonyl (C=O) groups is 2. The number of carbonyl (C=O) groups excluding carboxylic acids is 1. The van der Waals surface area contributed by atoms with Crippen molar-refractivity contribution in [2.45, 2.75) is 25.7 Å². The first-order chi connectivity index (χ1) is 9.65. The molecule has 1 aromatic rings. The second-order valence-corrected chi connectivity index (χ2v) is 5.39. The number of amides is 1. The predicted octanol–water partition coefficient (Wildman–Crippen LogP) is 2.06. The summed E-state index contributed by atoms with van der Waals surface area (Å²) in [6.45, 7) is 0.737. The van der Waals surface area contributed by atoms with Gasteiger partial charge in [-0.15, -0.1) is 0 Å². The third-order valence-corrected chi connectivity index (χ3v) is 4.10. The standard InChI is InChI=1S/C15H17NO4/c17-14(11-4-5-12(11)15(18)19)16-10-3-6-13-9(8-10)2-1-7-20-13/h3,6,8,11-12H,1-2,4-5,7H2,(H,16,17)(H,18,19). The van der Waals surface area contributed by atoms with E-state index in [0.717, 1.165) is 36.4 Å². The SMILES string of the molecule is O=C(O)C1CCC1C(=O)Nc1ccc2c(c1)CCCO2. The van der Waals surface area contributed by atoms with E-state index in [2.05, 4.69) is 5.32 Å². The molecule has 1 fully saturated rings. The van der Waals surface area contributed by atoms with Crippen LogP contribution in [-0.2, 0) is 16.0 Å². The lowest BCUT2D eigenvalue weighted by atomic mass is 9.73. The molecule has 2 N–H and O–H groups in total. The number of aryl methyl sites for hydroxylation is 1. The van der Waals surface area contributed by atoms with Gasteiger partial charge in [0.05, 0.1) is 18.4 Å². The van der Waals surface area contributed by atoms with Gasteiger partial charge in [-0.1, -0.05) is 0 Å². The number of aliphatic carboxylic acids is 1. The molecule has 1 amide bonds. The first kappa shape index (κ1) is 13.0. The summed E-state index contributed by atoms with van der Waals surface area (Å²) >= 11 is 0. The largest absolute Gasteiger partial charge is 0.493 e. The van der Waals surface area contributed by atoms with Crippen LogP contribution in [0.2, 0.25) is 0 Å². The molecular weight excluding hydrogens is 258 g/mol. The number of ether oxygens (including phenoxy) is 1. The molecule has 3 rings (SSSR count). The van der Waals surface area contributed by atoms with Gasteiger partial charge in [0.1, 0.15) is 5.75 Å². The van der Waals surface area contributed by atoms with Gasteiger partial charge < -0.3 is 15.2 Å². The minimum atomic E-state index is -0.879. The third kappa shape index (κ3) is 2.35. The molecule has 1 aliphatic heterocycles.